The van der Waals surface area contributed by atoms with E-state index in [1.807, 2.05) is 0 Å². The molecule has 3 nitrogen and oxygen atoms in total. The van der Waals surface area contributed by atoms with Crippen LogP contribution in [0, 0.1) is 18.3 Å². The molecule has 0 aromatic carbocycles. The van der Waals surface area contributed by atoms with Crippen molar-refractivity contribution in [3.8, 4) is 12.3 Å². The van der Waals surface area contributed by atoms with Crippen molar-refractivity contribution in [2.75, 3.05) is 26.2 Å². The molecule has 0 aromatic rings. The van der Waals surface area contributed by atoms with E-state index in [1.54, 1.807) is 0 Å². The molecule has 1 heterocycles. The zero-order chi connectivity index (χ0) is 12.0. The lowest BCUT2D eigenvalue weighted by Gasteiger charge is -2.34. The van der Waals surface area contributed by atoms with Crippen LogP contribution in [0.1, 0.15) is 26.7 Å². The molecule has 92 valence electrons. The molecule has 0 aromatic heterocycles. The van der Waals surface area contributed by atoms with Crippen LogP contribution in [-0.2, 0) is 0 Å². The van der Waals surface area contributed by atoms with Crippen LogP contribution in [0.2, 0.25) is 0 Å². The number of rotatable bonds is 5. The second kappa shape index (κ2) is 6.90. The first kappa shape index (κ1) is 13.5. The number of piperidine rings is 1. The minimum atomic E-state index is 0.224. The maximum atomic E-state index is 9.26. The largest absolute Gasteiger partial charge is 0.395 e. The lowest BCUT2D eigenvalue weighted by atomic mass is 9.99. The van der Waals surface area contributed by atoms with Gasteiger partial charge in [0.15, 0.2) is 0 Å². The van der Waals surface area contributed by atoms with Crippen LogP contribution in [0.5, 0.6) is 0 Å². The fraction of sp³-hybridized carbons (Fsp3) is 0.846. The van der Waals surface area contributed by atoms with Crippen LogP contribution in [0.15, 0.2) is 0 Å². The third-order valence-electron chi connectivity index (χ3n) is 3.35. The fourth-order valence-electron chi connectivity index (χ4n) is 2.15. The second-order valence-corrected chi connectivity index (χ2v) is 4.95. The fourth-order valence-corrected chi connectivity index (χ4v) is 2.15. The molecular formula is C13H24N2O. The van der Waals surface area contributed by atoms with E-state index >= 15 is 0 Å². The molecule has 2 N–H and O–H groups in total. The van der Waals surface area contributed by atoms with Crippen LogP contribution in [0.25, 0.3) is 0 Å². The van der Waals surface area contributed by atoms with Gasteiger partial charge < -0.3 is 10.4 Å². The molecule has 0 radical (unpaired) electrons. The molecule has 0 spiro atoms. The van der Waals surface area contributed by atoms with Gasteiger partial charge in [0.1, 0.15) is 0 Å². The average molecular weight is 224 g/mol. The van der Waals surface area contributed by atoms with Gasteiger partial charge in [-0.2, -0.15) is 0 Å². The topological polar surface area (TPSA) is 35.5 Å². The summed E-state index contributed by atoms with van der Waals surface area (Å²) in [7, 11) is 0. The number of hydrogen-bond donors (Lipinski definition) is 2. The first-order valence-corrected chi connectivity index (χ1v) is 6.20. The minimum absolute atomic E-state index is 0.224. The van der Waals surface area contributed by atoms with E-state index in [-0.39, 0.29) is 12.6 Å². The maximum Gasteiger partial charge on any atom is 0.0598 e. The Hall–Kier alpha value is -0.560. The number of nitrogens with one attached hydrogen (secondary N) is 1. The van der Waals surface area contributed by atoms with E-state index in [2.05, 4.69) is 30.0 Å². The molecule has 0 aliphatic carbocycles. The minimum Gasteiger partial charge on any atom is -0.395 e. The van der Waals surface area contributed by atoms with Crippen molar-refractivity contribution in [2.24, 2.45) is 5.92 Å². The molecular weight excluding hydrogens is 200 g/mol. The van der Waals surface area contributed by atoms with Crippen LogP contribution >= 0.6 is 0 Å². The van der Waals surface area contributed by atoms with E-state index < -0.39 is 0 Å². The van der Waals surface area contributed by atoms with Crippen molar-refractivity contribution in [2.45, 2.75) is 38.8 Å². The summed E-state index contributed by atoms with van der Waals surface area (Å²) in [6, 6.07) is 0.762. The Bertz CT molecular complexity index is 227. The van der Waals surface area contributed by atoms with Crippen molar-refractivity contribution < 1.29 is 5.11 Å². The van der Waals surface area contributed by atoms with Crippen molar-refractivity contribution in [1.82, 2.24) is 10.2 Å². The first-order valence-electron chi connectivity index (χ1n) is 6.20. The van der Waals surface area contributed by atoms with Crippen LogP contribution < -0.4 is 5.32 Å². The summed E-state index contributed by atoms with van der Waals surface area (Å²) >= 11 is 0. The van der Waals surface area contributed by atoms with Gasteiger partial charge in [-0.3, -0.25) is 4.90 Å². The molecule has 0 saturated carbocycles. The summed E-state index contributed by atoms with van der Waals surface area (Å²) in [4.78, 5) is 2.31. The zero-order valence-corrected chi connectivity index (χ0v) is 10.4. The summed E-state index contributed by atoms with van der Waals surface area (Å²) < 4.78 is 0. The van der Waals surface area contributed by atoms with Gasteiger partial charge in [-0.1, -0.05) is 19.8 Å². The molecule has 0 bridgehead atoms. The summed E-state index contributed by atoms with van der Waals surface area (Å²) in [5, 5.41) is 12.8. The van der Waals surface area contributed by atoms with Gasteiger partial charge in [0.25, 0.3) is 0 Å². The third kappa shape index (κ3) is 4.13. The van der Waals surface area contributed by atoms with Crippen LogP contribution in [0.4, 0.5) is 0 Å². The van der Waals surface area contributed by atoms with E-state index in [9.17, 15) is 5.11 Å². The van der Waals surface area contributed by atoms with Crippen molar-refractivity contribution in [3.05, 3.63) is 0 Å². The predicted octanol–water partition coefficient (Wildman–Crippen LogP) is 0.690. The Morgan fingerprint density at radius 1 is 1.44 bits per heavy atom. The van der Waals surface area contributed by atoms with Gasteiger partial charge in [0.2, 0.25) is 0 Å². The predicted molar refractivity (Wildman–Crippen MR) is 67.1 cm³/mol. The number of nitrogens with zero attached hydrogens (tertiary/aromatic N) is 1. The first-order chi connectivity index (χ1) is 7.67. The standard InChI is InChI=1S/C13H24N2O/c1-4-7-15-8-5-12(6-9-15)14-13(10-16)11(2)3/h1,11-14,16H,5-10H2,2-3H3/t13-/m1/s1. The lowest BCUT2D eigenvalue weighted by molar-refractivity contribution is 0.163. The molecule has 3 heteroatoms. The smallest absolute Gasteiger partial charge is 0.0598 e. The average Bonchev–Trinajstić information content (AvgIpc) is 2.28. The Morgan fingerprint density at radius 3 is 2.50 bits per heavy atom. The summed E-state index contributed by atoms with van der Waals surface area (Å²) in [6.07, 6.45) is 7.56. The zero-order valence-electron chi connectivity index (χ0n) is 10.4. The normalized spacial score (nSPS) is 20.9. The van der Waals surface area contributed by atoms with E-state index in [4.69, 9.17) is 6.42 Å². The molecule has 1 aliphatic rings. The monoisotopic (exact) mass is 224 g/mol. The SMILES string of the molecule is C#CCN1CCC(N[C@H](CO)C(C)C)CC1. The third-order valence-corrected chi connectivity index (χ3v) is 3.35. The van der Waals surface area contributed by atoms with Gasteiger partial charge in [-0.25, -0.2) is 0 Å². The van der Waals surface area contributed by atoms with E-state index in [0.29, 0.717) is 12.0 Å². The number of aliphatic hydroxyl groups is 1. The van der Waals surface area contributed by atoms with Gasteiger partial charge >= 0.3 is 0 Å². The highest BCUT2D eigenvalue weighted by Crippen LogP contribution is 2.12. The highest BCUT2D eigenvalue weighted by atomic mass is 16.3. The lowest BCUT2D eigenvalue weighted by Crippen LogP contribution is -2.49. The van der Waals surface area contributed by atoms with Crippen molar-refractivity contribution in [1.29, 1.82) is 0 Å². The molecule has 1 atom stereocenters. The van der Waals surface area contributed by atoms with Gasteiger partial charge in [-0.15, -0.1) is 6.42 Å². The summed E-state index contributed by atoms with van der Waals surface area (Å²) in [5.41, 5.74) is 0. The maximum absolute atomic E-state index is 9.26. The van der Waals surface area contributed by atoms with E-state index in [0.717, 1.165) is 32.5 Å². The van der Waals surface area contributed by atoms with Crippen LogP contribution in [0.3, 0.4) is 0 Å². The number of likely N-dealkylation sites (tertiary alicyclic amines) is 1. The van der Waals surface area contributed by atoms with Crippen LogP contribution in [-0.4, -0.2) is 48.3 Å². The number of aliphatic hydroxyl groups excluding tert-OH is 1. The molecule has 16 heavy (non-hydrogen) atoms. The van der Waals surface area contributed by atoms with Crippen molar-refractivity contribution >= 4 is 0 Å². The Kier molecular flexibility index (Phi) is 5.83. The Labute approximate surface area is 99.2 Å². The Morgan fingerprint density at radius 2 is 2.06 bits per heavy atom. The Balaban J connectivity index is 2.28. The molecule has 1 fully saturated rings. The molecule has 0 unspecified atom stereocenters. The molecule has 1 saturated heterocycles. The van der Waals surface area contributed by atoms with Gasteiger partial charge in [0, 0.05) is 25.2 Å². The molecule has 0 amide bonds. The quantitative estimate of drug-likeness (QED) is 0.675. The summed E-state index contributed by atoms with van der Waals surface area (Å²) in [6.45, 7) is 7.40. The highest BCUT2D eigenvalue weighted by molar-refractivity contribution is 4.91. The highest BCUT2D eigenvalue weighted by Gasteiger charge is 2.22. The second-order valence-electron chi connectivity index (χ2n) is 4.95. The van der Waals surface area contributed by atoms with Crippen molar-refractivity contribution in [3.63, 3.8) is 0 Å². The molecule has 1 rings (SSSR count). The van der Waals surface area contributed by atoms with Gasteiger partial charge in [-0.05, 0) is 18.8 Å². The molecule has 1 aliphatic heterocycles. The number of terminal acetylenes is 1. The van der Waals surface area contributed by atoms with Gasteiger partial charge in [0.05, 0.1) is 13.2 Å². The number of hydrogen-bond acceptors (Lipinski definition) is 3. The summed E-state index contributed by atoms with van der Waals surface area (Å²) in [5.74, 6) is 3.17. The van der Waals surface area contributed by atoms with E-state index in [1.165, 1.54) is 0 Å².